The number of hydrogen-bond acceptors (Lipinski definition) is 4. The Morgan fingerprint density at radius 3 is 2.57 bits per heavy atom. The third-order valence-corrected chi connectivity index (χ3v) is 3.42. The van der Waals surface area contributed by atoms with E-state index in [0.29, 0.717) is 17.8 Å². The van der Waals surface area contributed by atoms with Crippen LogP contribution in [0.2, 0.25) is 0 Å². The van der Waals surface area contributed by atoms with Gasteiger partial charge in [0.2, 0.25) is 0 Å². The van der Waals surface area contributed by atoms with Crippen LogP contribution in [0.1, 0.15) is 16.1 Å². The summed E-state index contributed by atoms with van der Waals surface area (Å²) in [5.41, 5.74) is 1.49. The Morgan fingerprint density at radius 2 is 2.00 bits per heavy atom. The molecule has 23 heavy (non-hydrogen) atoms. The zero-order valence-electron chi connectivity index (χ0n) is 13.5. The number of likely N-dealkylation sites (N-methyl/N-ethyl adjacent to an activating group) is 1. The van der Waals surface area contributed by atoms with E-state index in [9.17, 15) is 10.1 Å². The van der Waals surface area contributed by atoms with Crippen molar-refractivity contribution in [2.75, 3.05) is 34.3 Å². The van der Waals surface area contributed by atoms with Gasteiger partial charge in [-0.2, -0.15) is 5.26 Å². The Hall–Kier alpha value is -2.78. The molecule has 6 nitrogen and oxygen atoms in total. The van der Waals surface area contributed by atoms with Gasteiger partial charge in [0.15, 0.2) is 0 Å². The number of ether oxygens (including phenoxy) is 1. The van der Waals surface area contributed by atoms with Gasteiger partial charge in [-0.3, -0.25) is 4.79 Å². The summed E-state index contributed by atoms with van der Waals surface area (Å²) in [6.07, 6.45) is 1.72. The number of hydrogen-bond donors (Lipinski definition) is 1. The molecule has 1 N–H and O–H groups in total. The van der Waals surface area contributed by atoms with Gasteiger partial charge in [-0.25, -0.2) is 0 Å². The van der Waals surface area contributed by atoms with Crippen LogP contribution in [0.15, 0.2) is 36.5 Å². The van der Waals surface area contributed by atoms with Crippen molar-refractivity contribution in [3.05, 3.63) is 47.8 Å². The lowest BCUT2D eigenvalue weighted by atomic mass is 10.2. The molecule has 0 radical (unpaired) electrons. The molecule has 1 aromatic carbocycles. The second-order valence-corrected chi connectivity index (χ2v) is 5.32. The van der Waals surface area contributed by atoms with Crippen LogP contribution in [0.4, 0.5) is 0 Å². The van der Waals surface area contributed by atoms with E-state index in [1.54, 1.807) is 23.9 Å². The van der Waals surface area contributed by atoms with Crippen LogP contribution >= 0.6 is 0 Å². The summed E-state index contributed by atoms with van der Waals surface area (Å²) in [6, 6.07) is 11.0. The number of benzene rings is 1. The summed E-state index contributed by atoms with van der Waals surface area (Å²) >= 11 is 0. The quantitative estimate of drug-likeness (QED) is 0.880. The van der Waals surface area contributed by atoms with Crippen LogP contribution in [-0.4, -0.2) is 49.7 Å². The Kier molecular flexibility index (Phi) is 5.39. The summed E-state index contributed by atoms with van der Waals surface area (Å²) in [7, 11) is 5.47. The number of amides is 1. The number of nitrogens with zero attached hydrogens (tertiary/aromatic N) is 3. The number of carbonyl (C=O) groups is 1. The third kappa shape index (κ3) is 3.90. The van der Waals surface area contributed by atoms with Crippen molar-refractivity contribution in [2.45, 2.75) is 0 Å². The molecule has 0 bridgehead atoms. The van der Waals surface area contributed by atoms with Gasteiger partial charge in [0.1, 0.15) is 17.5 Å². The molecule has 0 unspecified atom stereocenters. The highest BCUT2D eigenvalue weighted by molar-refractivity contribution is 5.95. The number of carbonyl (C=O) groups excluding carboxylic acids is 1. The molecule has 1 amide bonds. The Bertz CT molecular complexity index is 711. The van der Waals surface area contributed by atoms with Gasteiger partial charge in [-0.05, 0) is 44.4 Å². The molecule has 1 aromatic heterocycles. The predicted molar refractivity (Wildman–Crippen MR) is 87.9 cm³/mol. The largest absolute Gasteiger partial charge is 0.497 e. The van der Waals surface area contributed by atoms with E-state index in [1.165, 1.54) is 0 Å². The van der Waals surface area contributed by atoms with E-state index in [1.807, 2.05) is 43.3 Å². The second kappa shape index (κ2) is 7.47. The van der Waals surface area contributed by atoms with E-state index >= 15 is 0 Å². The molecule has 0 aliphatic rings. The fourth-order valence-electron chi connectivity index (χ4n) is 2.19. The Labute approximate surface area is 135 Å². The van der Waals surface area contributed by atoms with Gasteiger partial charge in [-0.1, -0.05) is 0 Å². The number of aromatic nitrogens is 1. The zero-order valence-corrected chi connectivity index (χ0v) is 13.5. The zero-order chi connectivity index (χ0) is 16.8. The van der Waals surface area contributed by atoms with Gasteiger partial charge < -0.3 is 19.5 Å². The van der Waals surface area contributed by atoms with Gasteiger partial charge in [-0.15, -0.1) is 0 Å². The average Bonchev–Trinajstić information content (AvgIpc) is 2.98. The maximum atomic E-state index is 12.5. The molecule has 2 aromatic rings. The fourth-order valence-corrected chi connectivity index (χ4v) is 2.19. The summed E-state index contributed by atoms with van der Waals surface area (Å²) < 4.78 is 6.85. The lowest BCUT2D eigenvalue weighted by Gasteiger charge is -2.13. The monoisotopic (exact) mass is 312 g/mol. The van der Waals surface area contributed by atoms with Crippen molar-refractivity contribution in [2.24, 2.45) is 0 Å². The average molecular weight is 312 g/mol. The lowest BCUT2D eigenvalue weighted by molar-refractivity contribution is 0.0944. The molecule has 0 aliphatic heterocycles. The first kappa shape index (κ1) is 16.6. The maximum Gasteiger partial charge on any atom is 0.269 e. The topological polar surface area (TPSA) is 70.3 Å². The van der Waals surface area contributed by atoms with E-state index in [4.69, 9.17) is 4.74 Å². The van der Waals surface area contributed by atoms with Crippen molar-refractivity contribution in [1.29, 1.82) is 5.26 Å². The first-order valence-electron chi connectivity index (χ1n) is 7.25. The van der Waals surface area contributed by atoms with E-state index in [0.717, 1.165) is 18.0 Å². The smallest absolute Gasteiger partial charge is 0.269 e. The number of rotatable bonds is 6. The molecule has 0 fully saturated rings. The Morgan fingerprint density at radius 1 is 1.30 bits per heavy atom. The van der Waals surface area contributed by atoms with Crippen molar-refractivity contribution in [3.63, 3.8) is 0 Å². The minimum atomic E-state index is -0.260. The molecule has 120 valence electrons. The van der Waals surface area contributed by atoms with Crippen molar-refractivity contribution < 1.29 is 9.53 Å². The minimum absolute atomic E-state index is 0.260. The number of nitriles is 1. The normalized spacial score (nSPS) is 10.4. The summed E-state index contributed by atoms with van der Waals surface area (Å²) in [5, 5.41) is 12.1. The molecule has 0 saturated carbocycles. The number of nitrogens with one attached hydrogen (secondary N) is 1. The van der Waals surface area contributed by atoms with E-state index in [2.05, 4.69) is 11.4 Å². The fraction of sp³-hybridized carbons (Fsp3) is 0.294. The first-order valence-corrected chi connectivity index (χ1v) is 7.25. The van der Waals surface area contributed by atoms with Crippen molar-refractivity contribution in [3.8, 4) is 17.5 Å². The SMILES string of the molecule is COc1ccc(-n2ccc(C#N)c2C(=O)NCCN(C)C)cc1. The predicted octanol–water partition coefficient (Wildman–Crippen LogP) is 1.65. The highest BCUT2D eigenvalue weighted by atomic mass is 16.5. The molecular weight excluding hydrogens is 292 g/mol. The molecule has 1 heterocycles. The van der Waals surface area contributed by atoms with Gasteiger partial charge in [0.05, 0.1) is 12.7 Å². The van der Waals surface area contributed by atoms with Crippen molar-refractivity contribution in [1.82, 2.24) is 14.8 Å². The van der Waals surface area contributed by atoms with Gasteiger partial charge in [0, 0.05) is 25.0 Å². The number of methoxy groups -OCH3 is 1. The highest BCUT2D eigenvalue weighted by Crippen LogP contribution is 2.19. The van der Waals surface area contributed by atoms with Crippen LogP contribution < -0.4 is 10.1 Å². The first-order chi connectivity index (χ1) is 11.1. The molecule has 6 heteroatoms. The molecular formula is C17H20N4O2. The second-order valence-electron chi connectivity index (χ2n) is 5.32. The van der Waals surface area contributed by atoms with Crippen LogP contribution in [-0.2, 0) is 0 Å². The molecule has 0 spiro atoms. The van der Waals surface area contributed by atoms with Gasteiger partial charge in [0.25, 0.3) is 5.91 Å². The van der Waals surface area contributed by atoms with Crippen LogP contribution in [0.25, 0.3) is 5.69 Å². The van der Waals surface area contributed by atoms with Crippen LogP contribution in [0, 0.1) is 11.3 Å². The van der Waals surface area contributed by atoms with Gasteiger partial charge >= 0.3 is 0 Å². The Balaban J connectivity index is 2.29. The summed E-state index contributed by atoms with van der Waals surface area (Å²) in [5.74, 6) is 0.475. The summed E-state index contributed by atoms with van der Waals surface area (Å²) in [6.45, 7) is 1.25. The summed E-state index contributed by atoms with van der Waals surface area (Å²) in [4.78, 5) is 14.4. The van der Waals surface area contributed by atoms with Crippen molar-refractivity contribution >= 4 is 5.91 Å². The van der Waals surface area contributed by atoms with Crippen LogP contribution in [0.5, 0.6) is 5.75 Å². The van der Waals surface area contributed by atoms with E-state index in [-0.39, 0.29) is 5.91 Å². The van der Waals surface area contributed by atoms with E-state index < -0.39 is 0 Å². The lowest BCUT2D eigenvalue weighted by Crippen LogP contribution is -2.32. The maximum absolute atomic E-state index is 12.5. The molecule has 2 rings (SSSR count). The molecule has 0 aliphatic carbocycles. The van der Waals surface area contributed by atoms with Crippen LogP contribution in [0.3, 0.4) is 0 Å². The molecule has 0 atom stereocenters. The molecule has 0 saturated heterocycles. The highest BCUT2D eigenvalue weighted by Gasteiger charge is 2.18. The third-order valence-electron chi connectivity index (χ3n) is 3.42. The minimum Gasteiger partial charge on any atom is -0.497 e. The standard InChI is InChI=1S/C17H20N4O2/c1-20(2)11-9-19-17(22)16-13(12-18)8-10-21(16)14-4-6-15(23-3)7-5-14/h4-8,10H,9,11H2,1-3H3,(H,19,22).